The molecule has 0 fully saturated rings. The first-order valence-electron chi connectivity index (χ1n) is 38.4. The summed E-state index contributed by atoms with van der Waals surface area (Å²) in [7, 11) is -9.98. The van der Waals surface area contributed by atoms with Crippen molar-refractivity contribution in [1.29, 1.82) is 0 Å². The van der Waals surface area contributed by atoms with Gasteiger partial charge in [0.2, 0.25) is 0 Å². The van der Waals surface area contributed by atoms with Crippen LogP contribution >= 0.6 is 15.6 Å². The molecule has 0 aromatic heterocycles. The summed E-state index contributed by atoms with van der Waals surface area (Å²) >= 11 is 0. The second kappa shape index (κ2) is 72.5. The Morgan fingerprint density at radius 1 is 0.290 bits per heavy atom. The van der Waals surface area contributed by atoms with Gasteiger partial charge >= 0.3 is 39.5 Å². The van der Waals surface area contributed by atoms with Gasteiger partial charge in [0.05, 0.1) is 26.4 Å². The molecule has 0 rings (SSSR count). The van der Waals surface area contributed by atoms with Crippen molar-refractivity contribution in [3.8, 4) is 0 Å². The first-order chi connectivity index (χ1) is 48.7. The van der Waals surface area contributed by atoms with E-state index in [9.17, 15) is 43.2 Å². The molecule has 3 N–H and O–H groups in total. The van der Waals surface area contributed by atoms with E-state index in [-0.39, 0.29) is 25.7 Å². The van der Waals surface area contributed by atoms with Gasteiger partial charge in [-0.05, 0) is 161 Å². The standard InChI is InChI=1S/C81H136O17P2/c1-5-9-13-17-21-25-29-33-36-37-40-43-46-50-54-58-62-66-79(84)92-71-76(97-80(85)67-63-59-55-51-47-41-32-28-24-20-16-12-8-4)73-95-99(87,88)93-69-75(82)70-94-100(89,90)96-74-77(98-81(86)68-64-60-56-52-48-44-39-35-31-27-23-19-15-11-7-3)72-91-78(83)65-61-57-53-49-45-42-38-34-30-26-22-18-14-10-6-2/h9-10,13-14,21-23,25-28,32-36,38-40,43,45,49,75-77,82H,5-8,11-12,15-20,24,29-31,37,41-42,44,46-48,50-74H2,1-4H3,(H,87,88)(H,89,90)/b13-9-,14-10-,25-21-,26-22-,27-23-,32-28-,36-33-,38-34-,39-35-,43-40-,49-45-. The van der Waals surface area contributed by atoms with Crippen LogP contribution in [0.1, 0.15) is 297 Å². The number of rotatable bonds is 71. The summed E-state index contributed by atoms with van der Waals surface area (Å²) < 4.78 is 68.4. The van der Waals surface area contributed by atoms with Gasteiger partial charge < -0.3 is 33.8 Å². The lowest BCUT2D eigenvalue weighted by Crippen LogP contribution is -2.30. The summed E-state index contributed by atoms with van der Waals surface area (Å²) in [6, 6.07) is 0. The van der Waals surface area contributed by atoms with Crippen LogP contribution in [0.4, 0.5) is 0 Å². The topological polar surface area (TPSA) is 237 Å². The number of unbranched alkanes of at least 4 members (excludes halogenated alkanes) is 23. The third-order valence-electron chi connectivity index (χ3n) is 15.6. The highest BCUT2D eigenvalue weighted by Crippen LogP contribution is 2.45. The molecule has 0 radical (unpaired) electrons. The van der Waals surface area contributed by atoms with Gasteiger partial charge in [-0.25, -0.2) is 9.13 Å². The minimum Gasteiger partial charge on any atom is -0.462 e. The van der Waals surface area contributed by atoms with Gasteiger partial charge in [0.25, 0.3) is 0 Å². The zero-order valence-electron chi connectivity index (χ0n) is 62.3. The van der Waals surface area contributed by atoms with Crippen LogP contribution in [0.5, 0.6) is 0 Å². The molecule has 100 heavy (non-hydrogen) atoms. The SMILES string of the molecule is CC/C=C\C/C=C\C/C=C\C/C=C\CCCCCCC(=O)OCC(COP(=O)(O)OCC(O)COP(=O)(O)OCC(COC(=O)CCCC/C=C\C/C=C\C/C=C\C/C=C\CC)OC(=O)CCCCCCC/C=C\C/C=C\CCCCC)OC(=O)CCCCCCC/C=C\CCCCCC. The molecule has 0 saturated carbocycles. The molecule has 0 heterocycles. The van der Waals surface area contributed by atoms with Gasteiger partial charge in [-0.2, -0.15) is 0 Å². The number of esters is 4. The van der Waals surface area contributed by atoms with Crippen molar-refractivity contribution in [1.82, 2.24) is 0 Å². The summed E-state index contributed by atoms with van der Waals surface area (Å²) in [6.45, 7) is 4.50. The average molecular weight is 1440 g/mol. The Bertz CT molecular complexity index is 2420. The lowest BCUT2D eigenvalue weighted by Gasteiger charge is -2.21. The number of aliphatic hydroxyl groups excluding tert-OH is 1. The number of allylic oxidation sites excluding steroid dienone is 22. The molecule has 0 saturated heterocycles. The van der Waals surface area contributed by atoms with E-state index in [1.54, 1.807) is 0 Å². The Kier molecular flexibility index (Phi) is 69.1. The van der Waals surface area contributed by atoms with Gasteiger partial charge in [-0.1, -0.05) is 245 Å². The second-order valence-corrected chi connectivity index (χ2v) is 28.1. The smallest absolute Gasteiger partial charge is 0.462 e. The molecule has 0 aromatic carbocycles. The van der Waals surface area contributed by atoms with Crippen molar-refractivity contribution in [2.24, 2.45) is 0 Å². The van der Waals surface area contributed by atoms with E-state index in [4.69, 9.17) is 37.0 Å². The number of aliphatic hydroxyl groups is 1. The van der Waals surface area contributed by atoms with Gasteiger partial charge in [-0.15, -0.1) is 0 Å². The first kappa shape index (κ1) is 95.2. The average Bonchev–Trinajstić information content (AvgIpc) is 0.965. The van der Waals surface area contributed by atoms with Gasteiger partial charge in [0.1, 0.15) is 19.3 Å². The Hall–Kier alpha value is -4.80. The molecule has 0 aliphatic rings. The Balaban J connectivity index is 5.42. The van der Waals surface area contributed by atoms with Crippen LogP contribution in [0, 0.1) is 0 Å². The van der Waals surface area contributed by atoms with Crippen LogP contribution < -0.4 is 0 Å². The predicted molar refractivity (Wildman–Crippen MR) is 408 cm³/mol. The number of carbonyl (C=O) groups excluding carboxylic acids is 4. The monoisotopic (exact) mass is 1440 g/mol. The molecule has 5 unspecified atom stereocenters. The summed E-state index contributed by atoms with van der Waals surface area (Å²) in [4.78, 5) is 72.9. The molecule has 17 nitrogen and oxygen atoms in total. The highest BCUT2D eigenvalue weighted by Gasteiger charge is 2.30. The summed E-state index contributed by atoms with van der Waals surface area (Å²) in [6.07, 6.45) is 80.1. The Morgan fingerprint density at radius 2 is 0.520 bits per heavy atom. The Labute approximate surface area is 605 Å². The fraction of sp³-hybridized carbons (Fsp3) is 0.679. The van der Waals surface area contributed by atoms with Crippen molar-refractivity contribution in [2.75, 3.05) is 39.6 Å². The highest BCUT2D eigenvalue weighted by atomic mass is 31.2. The van der Waals surface area contributed by atoms with Crippen LogP contribution in [-0.4, -0.2) is 96.7 Å². The normalized spacial score (nSPS) is 14.7. The molecule has 0 spiro atoms. The molecule has 0 aliphatic heterocycles. The molecule has 0 bridgehead atoms. The lowest BCUT2D eigenvalue weighted by molar-refractivity contribution is -0.161. The molecule has 0 amide bonds. The third kappa shape index (κ3) is 71.6. The molecule has 19 heteroatoms. The van der Waals surface area contributed by atoms with Crippen LogP contribution in [0.25, 0.3) is 0 Å². The second-order valence-electron chi connectivity index (χ2n) is 25.2. The van der Waals surface area contributed by atoms with Gasteiger partial charge in [0, 0.05) is 25.7 Å². The van der Waals surface area contributed by atoms with E-state index in [2.05, 4.69) is 161 Å². The molecule has 0 aliphatic carbocycles. The van der Waals surface area contributed by atoms with Crippen LogP contribution in [0.15, 0.2) is 134 Å². The van der Waals surface area contributed by atoms with E-state index < -0.39 is 97.5 Å². The number of phosphoric ester groups is 2. The maximum Gasteiger partial charge on any atom is 0.472 e. The van der Waals surface area contributed by atoms with Crippen molar-refractivity contribution in [3.05, 3.63) is 134 Å². The van der Waals surface area contributed by atoms with E-state index in [0.717, 1.165) is 173 Å². The van der Waals surface area contributed by atoms with Crippen LogP contribution in [0.3, 0.4) is 0 Å². The maximum atomic E-state index is 13.1. The van der Waals surface area contributed by atoms with Gasteiger partial charge in [-0.3, -0.25) is 37.3 Å². The quantitative estimate of drug-likeness (QED) is 0.0169. The molecule has 5 atom stereocenters. The van der Waals surface area contributed by atoms with Gasteiger partial charge in [0.15, 0.2) is 12.2 Å². The van der Waals surface area contributed by atoms with E-state index in [0.29, 0.717) is 25.7 Å². The zero-order valence-corrected chi connectivity index (χ0v) is 64.1. The Morgan fingerprint density at radius 3 is 0.850 bits per heavy atom. The molecular weight excluding hydrogens is 1310 g/mol. The minimum absolute atomic E-state index is 0.0663. The molecule has 0 aromatic rings. The number of phosphoric acid groups is 2. The molecular formula is C81H136O17P2. The summed E-state index contributed by atoms with van der Waals surface area (Å²) in [5.74, 6) is -2.28. The lowest BCUT2D eigenvalue weighted by atomic mass is 10.1. The largest absolute Gasteiger partial charge is 0.472 e. The number of ether oxygens (including phenoxy) is 4. The zero-order chi connectivity index (χ0) is 73.2. The van der Waals surface area contributed by atoms with E-state index in [1.807, 2.05) is 0 Å². The predicted octanol–water partition coefficient (Wildman–Crippen LogP) is 22.1. The van der Waals surface area contributed by atoms with E-state index >= 15 is 0 Å². The summed E-state index contributed by atoms with van der Waals surface area (Å²) in [5, 5.41) is 10.6. The fourth-order valence-corrected chi connectivity index (χ4v) is 11.3. The van der Waals surface area contributed by atoms with Crippen LogP contribution in [0.2, 0.25) is 0 Å². The highest BCUT2D eigenvalue weighted by molar-refractivity contribution is 7.47. The fourth-order valence-electron chi connectivity index (χ4n) is 9.75. The first-order valence-corrected chi connectivity index (χ1v) is 41.4. The number of carbonyl (C=O) groups is 4. The molecule has 572 valence electrons. The van der Waals surface area contributed by atoms with Crippen molar-refractivity contribution in [3.63, 3.8) is 0 Å². The number of hydrogen-bond donors (Lipinski definition) is 3. The number of hydrogen-bond acceptors (Lipinski definition) is 15. The third-order valence-corrected chi connectivity index (χ3v) is 17.5. The maximum absolute atomic E-state index is 13.1. The van der Waals surface area contributed by atoms with Crippen LogP contribution in [-0.2, 0) is 65.4 Å². The summed E-state index contributed by atoms with van der Waals surface area (Å²) in [5.41, 5.74) is 0. The van der Waals surface area contributed by atoms with Crippen molar-refractivity contribution in [2.45, 2.75) is 316 Å². The van der Waals surface area contributed by atoms with Crippen molar-refractivity contribution >= 4 is 39.5 Å². The van der Waals surface area contributed by atoms with Crippen molar-refractivity contribution < 1.29 is 80.2 Å². The minimum atomic E-state index is -4.99. The van der Waals surface area contributed by atoms with E-state index in [1.165, 1.54) is 44.9 Å².